The van der Waals surface area contributed by atoms with Crippen molar-refractivity contribution in [3.63, 3.8) is 0 Å². The van der Waals surface area contributed by atoms with Crippen molar-refractivity contribution in [2.45, 2.75) is 44.2 Å². The zero-order valence-corrected chi connectivity index (χ0v) is 17.2. The monoisotopic (exact) mass is 438 g/mol. The van der Waals surface area contributed by atoms with E-state index in [0.717, 1.165) is 30.8 Å². The Morgan fingerprint density at radius 3 is 2.78 bits per heavy atom. The highest BCUT2D eigenvalue weighted by Gasteiger charge is 2.45. The van der Waals surface area contributed by atoms with E-state index < -0.39 is 29.7 Å². The van der Waals surface area contributed by atoms with E-state index >= 15 is 0 Å². The Balaban J connectivity index is 1.33. The first-order chi connectivity index (χ1) is 15.5. The Bertz CT molecular complexity index is 1110. The van der Waals surface area contributed by atoms with Crippen LogP contribution in [0.2, 0.25) is 0 Å². The molecule has 4 heterocycles. The molecule has 2 fully saturated rings. The molecule has 2 aromatic rings. The Kier molecular flexibility index (Phi) is 5.17. The predicted molar refractivity (Wildman–Crippen MR) is 110 cm³/mol. The van der Waals surface area contributed by atoms with Crippen LogP contribution in [0.3, 0.4) is 0 Å². The lowest BCUT2D eigenvalue weighted by Crippen LogP contribution is -2.54. The molecule has 5 rings (SSSR count). The number of rotatable bonds is 5. The van der Waals surface area contributed by atoms with E-state index in [1.807, 2.05) is 0 Å². The summed E-state index contributed by atoms with van der Waals surface area (Å²) in [6, 6.07) is 4.21. The second kappa shape index (κ2) is 8.15. The van der Waals surface area contributed by atoms with Crippen molar-refractivity contribution in [1.82, 2.24) is 25.7 Å². The summed E-state index contributed by atoms with van der Waals surface area (Å²) in [7, 11) is 0. The van der Waals surface area contributed by atoms with Gasteiger partial charge in [-0.1, -0.05) is 17.2 Å². The number of carbonyl (C=O) groups excluding carboxylic acids is 4. The number of hydrogen-bond donors (Lipinski definition) is 3. The second-order valence-corrected chi connectivity index (χ2v) is 8.13. The average molecular weight is 438 g/mol. The molecule has 0 bridgehead atoms. The summed E-state index contributed by atoms with van der Waals surface area (Å²) < 4.78 is 5.73. The van der Waals surface area contributed by atoms with Gasteiger partial charge in [0, 0.05) is 25.4 Å². The molecule has 0 saturated carbocycles. The van der Waals surface area contributed by atoms with Gasteiger partial charge in [0.05, 0.1) is 11.1 Å². The van der Waals surface area contributed by atoms with Crippen molar-refractivity contribution < 1.29 is 23.6 Å². The van der Waals surface area contributed by atoms with Gasteiger partial charge >= 0.3 is 6.01 Å². The van der Waals surface area contributed by atoms with Gasteiger partial charge in [-0.05, 0) is 37.4 Å². The SMILES string of the molecule is O=C1CCC(N2C(=O)c3cccc(CNc4nnc(C5CCCNC5)o4)c3C2=O)C(=O)N1. The van der Waals surface area contributed by atoms with Crippen LogP contribution >= 0.6 is 0 Å². The van der Waals surface area contributed by atoms with E-state index in [4.69, 9.17) is 4.42 Å². The van der Waals surface area contributed by atoms with Crippen LogP contribution in [0.5, 0.6) is 0 Å². The first-order valence-corrected chi connectivity index (χ1v) is 10.6. The quantitative estimate of drug-likeness (QED) is 0.569. The van der Waals surface area contributed by atoms with Crippen LogP contribution in [-0.2, 0) is 16.1 Å². The molecule has 1 aromatic carbocycles. The molecule has 166 valence electrons. The van der Waals surface area contributed by atoms with Gasteiger partial charge < -0.3 is 15.1 Å². The lowest BCUT2D eigenvalue weighted by molar-refractivity contribution is -0.136. The molecule has 11 nitrogen and oxygen atoms in total. The molecule has 4 amide bonds. The normalized spacial score (nSPS) is 23.3. The minimum Gasteiger partial charge on any atom is -0.408 e. The Hall–Kier alpha value is -3.60. The molecule has 1 aromatic heterocycles. The third-order valence-corrected chi connectivity index (χ3v) is 6.07. The van der Waals surface area contributed by atoms with Gasteiger partial charge in [-0.2, -0.15) is 0 Å². The fourth-order valence-electron chi connectivity index (χ4n) is 4.44. The van der Waals surface area contributed by atoms with Gasteiger partial charge in [0.15, 0.2) is 0 Å². The number of carbonyl (C=O) groups is 4. The van der Waals surface area contributed by atoms with Gasteiger partial charge in [0.25, 0.3) is 11.8 Å². The first-order valence-electron chi connectivity index (χ1n) is 10.6. The molecule has 32 heavy (non-hydrogen) atoms. The van der Waals surface area contributed by atoms with Crippen LogP contribution in [0.25, 0.3) is 0 Å². The van der Waals surface area contributed by atoms with Gasteiger partial charge in [-0.15, -0.1) is 5.10 Å². The van der Waals surface area contributed by atoms with E-state index in [1.165, 1.54) is 0 Å². The number of nitrogens with zero attached hydrogens (tertiary/aromatic N) is 3. The largest absolute Gasteiger partial charge is 0.408 e. The highest BCUT2D eigenvalue weighted by molar-refractivity contribution is 6.24. The van der Waals surface area contributed by atoms with Gasteiger partial charge in [-0.3, -0.25) is 29.4 Å². The molecular weight excluding hydrogens is 416 g/mol. The zero-order valence-electron chi connectivity index (χ0n) is 17.2. The maximum Gasteiger partial charge on any atom is 0.315 e. The number of amides is 4. The minimum absolute atomic E-state index is 0.0776. The predicted octanol–water partition coefficient (Wildman–Crippen LogP) is 0.550. The summed E-state index contributed by atoms with van der Waals surface area (Å²) in [5, 5.41) is 16.7. The molecule has 3 N–H and O–H groups in total. The summed E-state index contributed by atoms with van der Waals surface area (Å²) in [5.74, 6) is -1.38. The van der Waals surface area contributed by atoms with Crippen molar-refractivity contribution >= 4 is 29.6 Å². The molecule has 3 aliphatic rings. The number of aromatic nitrogens is 2. The van der Waals surface area contributed by atoms with Crippen molar-refractivity contribution in [2.75, 3.05) is 18.4 Å². The Morgan fingerprint density at radius 2 is 2.00 bits per heavy atom. The second-order valence-electron chi connectivity index (χ2n) is 8.13. The average Bonchev–Trinajstić information content (AvgIpc) is 3.37. The molecule has 2 unspecified atom stereocenters. The molecule has 3 aliphatic heterocycles. The maximum atomic E-state index is 13.1. The molecule has 0 spiro atoms. The number of hydrogen-bond acceptors (Lipinski definition) is 9. The van der Waals surface area contributed by atoms with Crippen LogP contribution in [0.1, 0.15) is 63.8 Å². The summed E-state index contributed by atoms with van der Waals surface area (Å²) in [5.41, 5.74) is 1.05. The number of piperidine rings is 2. The van der Waals surface area contributed by atoms with Crippen LogP contribution < -0.4 is 16.0 Å². The third-order valence-electron chi connectivity index (χ3n) is 6.07. The smallest absolute Gasteiger partial charge is 0.315 e. The molecule has 0 radical (unpaired) electrons. The van der Waals surface area contributed by atoms with Crippen molar-refractivity contribution in [3.05, 3.63) is 40.8 Å². The fourth-order valence-corrected chi connectivity index (χ4v) is 4.44. The summed E-state index contributed by atoms with van der Waals surface area (Å²) in [6.45, 7) is 1.97. The first kappa shape index (κ1) is 20.3. The maximum absolute atomic E-state index is 13.1. The summed E-state index contributed by atoms with van der Waals surface area (Å²) >= 11 is 0. The fraction of sp³-hybridized carbons (Fsp3) is 0.429. The number of nitrogens with one attached hydrogen (secondary N) is 3. The van der Waals surface area contributed by atoms with Crippen molar-refractivity contribution in [3.8, 4) is 0 Å². The molecule has 0 aliphatic carbocycles. The lowest BCUT2D eigenvalue weighted by Gasteiger charge is -2.27. The molecular formula is C21H22N6O5. The van der Waals surface area contributed by atoms with Gasteiger partial charge in [0.2, 0.25) is 17.7 Å². The molecule has 11 heteroatoms. The van der Waals surface area contributed by atoms with Gasteiger partial charge in [-0.25, -0.2) is 0 Å². The van der Waals surface area contributed by atoms with E-state index in [1.54, 1.807) is 18.2 Å². The van der Waals surface area contributed by atoms with Crippen LogP contribution in [0.4, 0.5) is 6.01 Å². The van der Waals surface area contributed by atoms with Crippen LogP contribution in [-0.4, -0.2) is 57.9 Å². The number of fused-ring (bicyclic) bond motifs is 1. The number of benzene rings is 1. The minimum atomic E-state index is -0.997. The van der Waals surface area contributed by atoms with Crippen LogP contribution in [0, 0.1) is 0 Å². The highest BCUT2D eigenvalue weighted by Crippen LogP contribution is 2.30. The van der Waals surface area contributed by atoms with E-state index in [0.29, 0.717) is 11.5 Å². The summed E-state index contributed by atoms with van der Waals surface area (Å²) in [4.78, 5) is 50.7. The number of imide groups is 2. The summed E-state index contributed by atoms with van der Waals surface area (Å²) in [6.07, 6.45) is 2.22. The third kappa shape index (κ3) is 3.54. The van der Waals surface area contributed by atoms with E-state index in [9.17, 15) is 19.2 Å². The number of anilines is 1. The topological polar surface area (TPSA) is 147 Å². The van der Waals surface area contributed by atoms with Gasteiger partial charge in [0.1, 0.15) is 6.04 Å². The zero-order chi connectivity index (χ0) is 22.2. The highest BCUT2D eigenvalue weighted by atomic mass is 16.4. The van der Waals surface area contributed by atoms with Crippen molar-refractivity contribution in [1.29, 1.82) is 0 Å². The van der Waals surface area contributed by atoms with E-state index in [-0.39, 0.29) is 42.4 Å². The standard InChI is InChI=1S/C21H22N6O5/c28-15-7-6-14(17(29)24-15)27-19(30)13-5-1-3-11(16(13)20(27)31)10-23-21-26-25-18(32-21)12-4-2-8-22-9-12/h1,3,5,12,14,22H,2,4,6-10H2,(H,23,26)(H,24,28,29). The van der Waals surface area contributed by atoms with Crippen molar-refractivity contribution in [2.24, 2.45) is 0 Å². The Morgan fingerprint density at radius 1 is 1.12 bits per heavy atom. The lowest BCUT2D eigenvalue weighted by atomic mass is 10.00. The molecule has 2 atom stereocenters. The Labute approximate surface area is 182 Å². The van der Waals surface area contributed by atoms with Crippen LogP contribution in [0.15, 0.2) is 22.6 Å². The van der Waals surface area contributed by atoms with E-state index in [2.05, 4.69) is 26.1 Å². The molecule has 2 saturated heterocycles.